The fourth-order valence-corrected chi connectivity index (χ4v) is 3.31. The first-order valence-corrected chi connectivity index (χ1v) is 10.1. The molecule has 0 radical (unpaired) electrons. The summed E-state index contributed by atoms with van der Waals surface area (Å²) in [6.45, 7) is 0.479. The summed E-state index contributed by atoms with van der Waals surface area (Å²) in [4.78, 5) is 1.79. The molecule has 2 aromatic rings. The van der Waals surface area contributed by atoms with Crippen LogP contribution in [0.4, 0.5) is 24.5 Å². The predicted octanol–water partition coefficient (Wildman–Crippen LogP) is 4.20. The average Bonchev–Trinajstić information content (AvgIpc) is 2.62. The van der Waals surface area contributed by atoms with Crippen molar-refractivity contribution in [1.82, 2.24) is 0 Å². The van der Waals surface area contributed by atoms with Gasteiger partial charge in [-0.3, -0.25) is 4.72 Å². The van der Waals surface area contributed by atoms with E-state index in [-0.39, 0.29) is 11.4 Å². The summed E-state index contributed by atoms with van der Waals surface area (Å²) in [6.07, 6.45) is 1.97. The van der Waals surface area contributed by atoms with Gasteiger partial charge in [0, 0.05) is 18.4 Å². The highest BCUT2D eigenvalue weighted by Crippen LogP contribution is 2.33. The molecule has 1 heterocycles. The maximum Gasteiger partial charge on any atom is 0.416 e. The Hall–Kier alpha value is -2.94. The number of sulfonamides is 1. The molecule has 148 valence electrons. The number of phenolic OH excluding ortho intramolecular Hbond substituents is 1. The van der Waals surface area contributed by atoms with Gasteiger partial charge in [-0.1, -0.05) is 24.3 Å². The highest BCUT2D eigenvalue weighted by atomic mass is 32.2. The first-order valence-electron chi connectivity index (χ1n) is 8.16. The summed E-state index contributed by atoms with van der Waals surface area (Å²) in [7, 11) is -3.57. The number of benzene rings is 2. The molecule has 2 aromatic carbocycles. The van der Waals surface area contributed by atoms with E-state index in [0.717, 1.165) is 18.4 Å². The lowest BCUT2D eigenvalue weighted by atomic mass is 10.0. The van der Waals surface area contributed by atoms with Gasteiger partial charge in [0.05, 0.1) is 17.5 Å². The van der Waals surface area contributed by atoms with Crippen LogP contribution < -0.4 is 9.62 Å². The molecular weight excluding hydrogens is 393 g/mol. The molecule has 3 rings (SSSR count). The lowest BCUT2D eigenvalue weighted by molar-refractivity contribution is -0.137. The van der Waals surface area contributed by atoms with Crippen LogP contribution in [-0.4, -0.2) is 26.3 Å². The number of hydrogen-bond donors (Lipinski definition) is 2. The standard InChI is InChI=1S/C19H17F3N2O3S/c1-28(26,27)23-17-11-16(8-9-18(17)25)24-10-2-3-14(12-24)13-4-6-15(7-5-13)19(20,21)22/h2-9,11-12,23,25H,10H2,1H3. The highest BCUT2D eigenvalue weighted by molar-refractivity contribution is 7.92. The third-order valence-corrected chi connectivity index (χ3v) is 4.64. The Morgan fingerprint density at radius 1 is 1.11 bits per heavy atom. The number of alkyl halides is 3. The van der Waals surface area contributed by atoms with Crippen molar-refractivity contribution in [3.63, 3.8) is 0 Å². The van der Waals surface area contributed by atoms with Crippen LogP contribution in [0.3, 0.4) is 0 Å². The number of anilines is 2. The Morgan fingerprint density at radius 2 is 1.79 bits per heavy atom. The van der Waals surface area contributed by atoms with E-state index in [1.807, 2.05) is 6.08 Å². The van der Waals surface area contributed by atoms with Gasteiger partial charge in [0.2, 0.25) is 10.0 Å². The molecule has 5 nitrogen and oxygen atoms in total. The number of phenols is 1. The van der Waals surface area contributed by atoms with Crippen LogP contribution in [0.15, 0.2) is 60.8 Å². The van der Waals surface area contributed by atoms with E-state index in [1.165, 1.54) is 24.3 Å². The molecule has 0 fully saturated rings. The molecular formula is C19H17F3N2O3S. The van der Waals surface area contributed by atoms with Crippen molar-refractivity contribution in [1.29, 1.82) is 0 Å². The van der Waals surface area contributed by atoms with E-state index in [4.69, 9.17) is 0 Å². The first-order chi connectivity index (χ1) is 13.0. The van der Waals surface area contributed by atoms with Gasteiger partial charge < -0.3 is 10.0 Å². The zero-order valence-corrected chi connectivity index (χ0v) is 15.6. The summed E-state index contributed by atoms with van der Waals surface area (Å²) >= 11 is 0. The zero-order chi connectivity index (χ0) is 20.5. The normalized spacial score (nSPS) is 14.7. The quantitative estimate of drug-likeness (QED) is 0.742. The minimum Gasteiger partial charge on any atom is -0.506 e. The molecule has 28 heavy (non-hydrogen) atoms. The minimum absolute atomic E-state index is 0.0408. The Morgan fingerprint density at radius 3 is 2.39 bits per heavy atom. The third kappa shape index (κ3) is 4.66. The van der Waals surface area contributed by atoms with Crippen LogP contribution in [0.2, 0.25) is 0 Å². The number of allylic oxidation sites excluding steroid dienone is 2. The summed E-state index contributed by atoms with van der Waals surface area (Å²) < 4.78 is 63.3. The average molecular weight is 410 g/mol. The molecule has 0 saturated heterocycles. The van der Waals surface area contributed by atoms with Gasteiger partial charge in [-0.2, -0.15) is 13.2 Å². The van der Waals surface area contributed by atoms with Crippen molar-refractivity contribution in [2.75, 3.05) is 22.4 Å². The van der Waals surface area contributed by atoms with Crippen LogP contribution in [0.25, 0.3) is 5.57 Å². The van der Waals surface area contributed by atoms with Gasteiger partial charge in [0.15, 0.2) is 0 Å². The lowest BCUT2D eigenvalue weighted by Gasteiger charge is -2.24. The van der Waals surface area contributed by atoms with Crippen LogP contribution in [-0.2, 0) is 16.2 Å². The van der Waals surface area contributed by atoms with E-state index in [0.29, 0.717) is 23.4 Å². The van der Waals surface area contributed by atoms with Crippen molar-refractivity contribution in [3.05, 3.63) is 71.9 Å². The van der Waals surface area contributed by atoms with E-state index in [1.54, 1.807) is 23.2 Å². The SMILES string of the molecule is CS(=O)(=O)Nc1cc(N2C=C(c3ccc(C(F)(F)F)cc3)C=CC2)ccc1O. The van der Waals surface area contributed by atoms with E-state index in [2.05, 4.69) is 4.72 Å². The Bertz CT molecular complexity index is 1040. The molecule has 1 aliphatic rings. The topological polar surface area (TPSA) is 69.6 Å². The van der Waals surface area contributed by atoms with Gasteiger partial charge in [-0.15, -0.1) is 0 Å². The van der Waals surface area contributed by atoms with Gasteiger partial charge in [-0.25, -0.2) is 8.42 Å². The highest BCUT2D eigenvalue weighted by Gasteiger charge is 2.30. The lowest BCUT2D eigenvalue weighted by Crippen LogP contribution is -2.19. The Kier molecular flexibility index (Phi) is 5.12. The second-order valence-electron chi connectivity index (χ2n) is 6.29. The minimum atomic E-state index is -4.39. The molecule has 0 saturated carbocycles. The molecule has 1 aliphatic heterocycles. The third-order valence-electron chi connectivity index (χ3n) is 4.05. The second kappa shape index (κ2) is 7.23. The fourth-order valence-electron chi connectivity index (χ4n) is 2.74. The van der Waals surface area contributed by atoms with Crippen LogP contribution in [0, 0.1) is 0 Å². The summed E-state index contributed by atoms with van der Waals surface area (Å²) in [5.41, 5.74) is 1.24. The number of nitrogens with one attached hydrogen (secondary N) is 1. The van der Waals surface area contributed by atoms with Gasteiger partial charge >= 0.3 is 6.18 Å². The predicted molar refractivity (Wildman–Crippen MR) is 102 cm³/mol. The van der Waals surface area contributed by atoms with Crippen molar-refractivity contribution in [3.8, 4) is 5.75 Å². The molecule has 0 aromatic heterocycles. The summed E-state index contributed by atoms with van der Waals surface area (Å²) in [5.74, 6) is -0.214. The smallest absolute Gasteiger partial charge is 0.416 e. The largest absolute Gasteiger partial charge is 0.506 e. The first kappa shape index (κ1) is 19.8. The van der Waals surface area contributed by atoms with Crippen molar-refractivity contribution in [2.45, 2.75) is 6.18 Å². The maximum atomic E-state index is 12.7. The molecule has 0 bridgehead atoms. The molecule has 0 aliphatic carbocycles. The molecule has 2 N–H and O–H groups in total. The molecule has 0 amide bonds. The van der Waals surface area contributed by atoms with Crippen molar-refractivity contribution >= 4 is 27.0 Å². The number of nitrogens with zero attached hydrogens (tertiary/aromatic N) is 1. The summed E-state index contributed by atoms with van der Waals surface area (Å²) in [6, 6.07) is 9.31. The number of rotatable bonds is 4. The van der Waals surface area contributed by atoms with Gasteiger partial charge in [0.25, 0.3) is 0 Å². The molecule has 0 unspecified atom stereocenters. The van der Waals surface area contributed by atoms with E-state index >= 15 is 0 Å². The Balaban J connectivity index is 1.90. The number of aromatic hydroxyl groups is 1. The van der Waals surface area contributed by atoms with Crippen LogP contribution in [0.5, 0.6) is 5.75 Å². The second-order valence-corrected chi connectivity index (χ2v) is 8.04. The van der Waals surface area contributed by atoms with Crippen LogP contribution >= 0.6 is 0 Å². The zero-order valence-electron chi connectivity index (χ0n) is 14.7. The van der Waals surface area contributed by atoms with Crippen molar-refractivity contribution in [2.24, 2.45) is 0 Å². The monoisotopic (exact) mass is 410 g/mol. The molecule has 0 atom stereocenters. The molecule has 0 spiro atoms. The van der Waals surface area contributed by atoms with E-state index < -0.39 is 21.8 Å². The number of halogens is 3. The fraction of sp³-hybridized carbons (Fsp3) is 0.158. The number of hydrogen-bond acceptors (Lipinski definition) is 4. The molecule has 9 heteroatoms. The van der Waals surface area contributed by atoms with Gasteiger partial charge in [0.1, 0.15) is 5.75 Å². The van der Waals surface area contributed by atoms with Crippen LogP contribution in [0.1, 0.15) is 11.1 Å². The maximum absolute atomic E-state index is 12.7. The van der Waals surface area contributed by atoms with E-state index in [9.17, 15) is 26.7 Å². The Labute approximate surface area is 160 Å². The summed E-state index contributed by atoms with van der Waals surface area (Å²) in [5, 5.41) is 9.85. The van der Waals surface area contributed by atoms with Gasteiger partial charge in [-0.05, 0) is 41.5 Å². The van der Waals surface area contributed by atoms with Crippen molar-refractivity contribution < 1.29 is 26.7 Å².